The first-order chi connectivity index (χ1) is 7.31. The molecule has 2 rings (SSSR count). The summed E-state index contributed by atoms with van der Waals surface area (Å²) in [7, 11) is 0. The van der Waals surface area contributed by atoms with Crippen molar-refractivity contribution in [2.24, 2.45) is 5.73 Å². The predicted molar refractivity (Wildman–Crippen MR) is 61.7 cm³/mol. The van der Waals surface area contributed by atoms with Crippen LogP contribution in [0.25, 0.3) is 10.6 Å². The lowest BCUT2D eigenvalue weighted by Gasteiger charge is -1.95. The second kappa shape index (κ2) is 4.55. The molecule has 2 N–H and O–H groups in total. The summed E-state index contributed by atoms with van der Waals surface area (Å²) in [6, 6.07) is 2.10. The van der Waals surface area contributed by atoms with Crippen molar-refractivity contribution in [3.63, 3.8) is 0 Å². The van der Waals surface area contributed by atoms with Crippen molar-refractivity contribution < 1.29 is 0 Å². The zero-order chi connectivity index (χ0) is 10.7. The van der Waals surface area contributed by atoms with Gasteiger partial charge in [-0.1, -0.05) is 5.21 Å². The van der Waals surface area contributed by atoms with Crippen LogP contribution in [0.2, 0.25) is 0 Å². The molecule has 0 radical (unpaired) electrons. The summed E-state index contributed by atoms with van der Waals surface area (Å²) in [5, 5.41) is 10.3. The molecule has 0 atom stereocenters. The molecule has 2 aromatic rings. The van der Waals surface area contributed by atoms with Crippen molar-refractivity contribution in [1.29, 1.82) is 0 Å². The molecule has 0 saturated heterocycles. The summed E-state index contributed by atoms with van der Waals surface area (Å²) in [6.45, 7) is 3.62. The Balaban J connectivity index is 2.17. The van der Waals surface area contributed by atoms with E-state index >= 15 is 0 Å². The minimum absolute atomic E-state index is 0.688. The van der Waals surface area contributed by atoms with Crippen LogP contribution >= 0.6 is 11.3 Å². The smallest absolute Gasteiger partial charge is 0.123 e. The van der Waals surface area contributed by atoms with Crippen molar-refractivity contribution in [3.8, 4) is 10.6 Å². The first-order valence-electron chi connectivity index (χ1n) is 4.96. The molecule has 2 aromatic heterocycles. The van der Waals surface area contributed by atoms with Crippen LogP contribution in [0.3, 0.4) is 0 Å². The molecule has 2 heterocycles. The van der Waals surface area contributed by atoms with E-state index in [0.717, 1.165) is 18.7 Å². The highest BCUT2D eigenvalue weighted by Crippen LogP contribution is 2.26. The zero-order valence-corrected chi connectivity index (χ0v) is 9.50. The van der Waals surface area contributed by atoms with Gasteiger partial charge in [-0.25, -0.2) is 0 Å². The maximum atomic E-state index is 5.44. The monoisotopic (exact) mass is 222 g/mol. The Hall–Kier alpha value is -1.20. The van der Waals surface area contributed by atoms with E-state index in [-0.39, 0.29) is 0 Å². The van der Waals surface area contributed by atoms with Gasteiger partial charge in [0.2, 0.25) is 0 Å². The third-order valence-corrected chi connectivity index (χ3v) is 3.26. The van der Waals surface area contributed by atoms with Crippen molar-refractivity contribution >= 4 is 11.3 Å². The van der Waals surface area contributed by atoms with Gasteiger partial charge >= 0.3 is 0 Å². The first kappa shape index (κ1) is 10.3. The lowest BCUT2D eigenvalue weighted by molar-refractivity contribution is 0.564. The average molecular weight is 222 g/mol. The molecule has 0 bridgehead atoms. The molecule has 80 valence electrons. The standard InChI is InChI=1S/C10H14N4S/c1-8-3-6-15-10(8)9-7-14(13-12-9)5-2-4-11/h3,6-7H,2,4-5,11H2,1H3. The minimum atomic E-state index is 0.688. The van der Waals surface area contributed by atoms with Gasteiger partial charge in [-0.05, 0) is 36.9 Å². The number of hydrogen-bond donors (Lipinski definition) is 1. The van der Waals surface area contributed by atoms with Gasteiger partial charge in [-0.15, -0.1) is 16.4 Å². The van der Waals surface area contributed by atoms with Crippen molar-refractivity contribution in [2.75, 3.05) is 6.54 Å². The van der Waals surface area contributed by atoms with Crippen LogP contribution in [-0.4, -0.2) is 21.5 Å². The average Bonchev–Trinajstić information content (AvgIpc) is 2.83. The maximum Gasteiger partial charge on any atom is 0.123 e. The molecule has 0 aliphatic heterocycles. The van der Waals surface area contributed by atoms with Gasteiger partial charge in [0.15, 0.2) is 0 Å². The molecule has 0 aromatic carbocycles. The van der Waals surface area contributed by atoms with E-state index in [1.807, 2.05) is 10.9 Å². The normalized spacial score (nSPS) is 10.8. The second-order valence-electron chi connectivity index (χ2n) is 3.44. The van der Waals surface area contributed by atoms with Crippen molar-refractivity contribution in [1.82, 2.24) is 15.0 Å². The highest BCUT2D eigenvalue weighted by Gasteiger charge is 2.07. The summed E-state index contributed by atoms with van der Waals surface area (Å²) in [5.74, 6) is 0. The molecule has 0 amide bonds. The SMILES string of the molecule is Cc1ccsc1-c1cn(CCCN)nn1. The Morgan fingerprint density at radius 1 is 1.53 bits per heavy atom. The Morgan fingerprint density at radius 3 is 3.07 bits per heavy atom. The molecule has 0 saturated carbocycles. The van der Waals surface area contributed by atoms with Crippen LogP contribution in [0.5, 0.6) is 0 Å². The van der Waals surface area contributed by atoms with E-state index in [0.29, 0.717) is 6.54 Å². The van der Waals surface area contributed by atoms with E-state index in [9.17, 15) is 0 Å². The first-order valence-corrected chi connectivity index (χ1v) is 5.84. The topological polar surface area (TPSA) is 56.7 Å². The van der Waals surface area contributed by atoms with Crippen LogP contribution in [0.4, 0.5) is 0 Å². The number of aromatic nitrogens is 3. The highest BCUT2D eigenvalue weighted by atomic mass is 32.1. The number of thiophene rings is 1. The summed E-state index contributed by atoms with van der Waals surface area (Å²) >= 11 is 1.70. The summed E-state index contributed by atoms with van der Waals surface area (Å²) < 4.78 is 1.85. The summed E-state index contributed by atoms with van der Waals surface area (Å²) in [6.07, 6.45) is 2.92. The van der Waals surface area contributed by atoms with Crippen LogP contribution in [0, 0.1) is 6.92 Å². The zero-order valence-electron chi connectivity index (χ0n) is 8.68. The van der Waals surface area contributed by atoms with Crippen LogP contribution in [0.15, 0.2) is 17.6 Å². The van der Waals surface area contributed by atoms with Crippen molar-refractivity contribution in [3.05, 3.63) is 23.2 Å². The Bertz CT molecular complexity index is 432. The lowest BCUT2D eigenvalue weighted by Crippen LogP contribution is -2.06. The minimum Gasteiger partial charge on any atom is -0.330 e. The van der Waals surface area contributed by atoms with E-state index in [4.69, 9.17) is 5.73 Å². The Kier molecular flexibility index (Phi) is 3.13. The molecule has 0 spiro atoms. The number of nitrogens with zero attached hydrogens (tertiary/aromatic N) is 3. The summed E-state index contributed by atoms with van der Waals surface area (Å²) in [4.78, 5) is 1.20. The van der Waals surface area contributed by atoms with Gasteiger partial charge in [0.1, 0.15) is 5.69 Å². The van der Waals surface area contributed by atoms with Crippen LogP contribution in [0.1, 0.15) is 12.0 Å². The molecular weight excluding hydrogens is 208 g/mol. The van der Waals surface area contributed by atoms with Crippen molar-refractivity contribution in [2.45, 2.75) is 19.9 Å². The fourth-order valence-corrected chi connectivity index (χ4v) is 2.28. The van der Waals surface area contributed by atoms with Gasteiger partial charge in [-0.3, -0.25) is 4.68 Å². The molecule has 0 aliphatic rings. The fourth-order valence-electron chi connectivity index (χ4n) is 1.40. The van der Waals surface area contributed by atoms with Gasteiger partial charge in [0, 0.05) is 6.54 Å². The van der Waals surface area contributed by atoms with Gasteiger partial charge in [0.25, 0.3) is 0 Å². The second-order valence-corrected chi connectivity index (χ2v) is 4.36. The largest absolute Gasteiger partial charge is 0.330 e. The van der Waals surface area contributed by atoms with Gasteiger partial charge in [0.05, 0.1) is 11.1 Å². The number of nitrogens with two attached hydrogens (primary N) is 1. The van der Waals surface area contributed by atoms with Crippen LogP contribution in [-0.2, 0) is 6.54 Å². The number of rotatable bonds is 4. The maximum absolute atomic E-state index is 5.44. The molecule has 15 heavy (non-hydrogen) atoms. The molecule has 0 unspecified atom stereocenters. The fraction of sp³-hybridized carbons (Fsp3) is 0.400. The van der Waals surface area contributed by atoms with Crippen LogP contribution < -0.4 is 5.73 Å². The third-order valence-electron chi connectivity index (χ3n) is 2.22. The van der Waals surface area contributed by atoms with E-state index in [1.54, 1.807) is 11.3 Å². The van der Waals surface area contributed by atoms with Gasteiger partial charge in [-0.2, -0.15) is 0 Å². The lowest BCUT2D eigenvalue weighted by atomic mass is 10.2. The molecule has 0 fully saturated rings. The van der Waals surface area contributed by atoms with Gasteiger partial charge < -0.3 is 5.73 Å². The van der Waals surface area contributed by atoms with E-state index in [1.165, 1.54) is 10.4 Å². The number of aryl methyl sites for hydroxylation is 2. The quantitative estimate of drug-likeness (QED) is 0.856. The molecule has 0 aliphatic carbocycles. The predicted octanol–water partition coefficient (Wildman–Crippen LogP) is 1.66. The van der Waals surface area contributed by atoms with E-state index < -0.39 is 0 Å². The molecule has 5 heteroatoms. The Morgan fingerprint density at radius 2 is 2.40 bits per heavy atom. The summed E-state index contributed by atoms with van der Waals surface area (Å²) in [5.41, 5.74) is 7.66. The molecule has 4 nitrogen and oxygen atoms in total. The Labute approximate surface area is 92.7 Å². The third kappa shape index (κ3) is 2.24. The number of hydrogen-bond acceptors (Lipinski definition) is 4. The highest BCUT2D eigenvalue weighted by molar-refractivity contribution is 7.13. The molecular formula is C10H14N4S. The van der Waals surface area contributed by atoms with E-state index in [2.05, 4.69) is 28.7 Å².